The number of amides is 1. The number of aliphatic carboxylic acids is 1. The van der Waals surface area contributed by atoms with Crippen molar-refractivity contribution in [2.24, 2.45) is 0 Å². The van der Waals surface area contributed by atoms with Crippen LogP contribution in [0.2, 0.25) is 0 Å². The third-order valence-electron chi connectivity index (χ3n) is 6.63. The van der Waals surface area contributed by atoms with Gasteiger partial charge in [-0.1, -0.05) is 72.8 Å². The van der Waals surface area contributed by atoms with E-state index in [4.69, 9.17) is 14.2 Å². The van der Waals surface area contributed by atoms with Gasteiger partial charge < -0.3 is 24.6 Å². The molecule has 2 N–H and O–H groups in total. The van der Waals surface area contributed by atoms with E-state index >= 15 is 0 Å². The highest BCUT2D eigenvalue weighted by atomic mass is 16.5. The first-order chi connectivity index (χ1) is 18.5. The third kappa shape index (κ3) is 5.32. The lowest BCUT2D eigenvalue weighted by molar-refractivity contribution is -0.140. The lowest BCUT2D eigenvalue weighted by atomic mass is 9.98. The first-order valence-electron chi connectivity index (χ1n) is 12.2. The van der Waals surface area contributed by atoms with E-state index in [2.05, 4.69) is 17.4 Å². The summed E-state index contributed by atoms with van der Waals surface area (Å²) in [6.07, 6.45) is -0.808. The first kappa shape index (κ1) is 24.9. The van der Waals surface area contributed by atoms with Crippen molar-refractivity contribution < 1.29 is 28.9 Å². The molecule has 7 nitrogen and oxygen atoms in total. The number of alkyl carbamates (subject to hydrolysis) is 1. The van der Waals surface area contributed by atoms with Gasteiger partial charge in [0.15, 0.2) is 6.04 Å². The number of carbonyl (C=O) groups excluding carboxylic acids is 1. The van der Waals surface area contributed by atoms with Crippen LogP contribution in [0, 0.1) is 0 Å². The van der Waals surface area contributed by atoms with Gasteiger partial charge in [-0.25, -0.2) is 9.59 Å². The van der Waals surface area contributed by atoms with Crippen molar-refractivity contribution >= 4 is 12.1 Å². The molecular formula is C31H27NO6. The first-order valence-corrected chi connectivity index (χ1v) is 12.2. The quantitative estimate of drug-likeness (QED) is 0.299. The maximum Gasteiger partial charge on any atom is 0.407 e. The molecule has 4 aromatic rings. The van der Waals surface area contributed by atoms with Crippen molar-refractivity contribution in [3.63, 3.8) is 0 Å². The average Bonchev–Trinajstić information content (AvgIpc) is 3.28. The highest BCUT2D eigenvalue weighted by Crippen LogP contribution is 2.44. The number of nitrogens with one attached hydrogen (secondary N) is 1. The fourth-order valence-electron chi connectivity index (χ4n) is 4.66. The van der Waals surface area contributed by atoms with Gasteiger partial charge in [0.1, 0.15) is 24.7 Å². The van der Waals surface area contributed by atoms with E-state index in [1.165, 1.54) is 0 Å². The molecule has 5 rings (SSSR count). The maximum absolute atomic E-state index is 12.5. The lowest BCUT2D eigenvalue weighted by Crippen LogP contribution is -2.45. The van der Waals surface area contributed by atoms with Crippen LogP contribution in [0.15, 0.2) is 97.1 Å². The summed E-state index contributed by atoms with van der Waals surface area (Å²) in [4.78, 5) is 24.3. The van der Waals surface area contributed by atoms with E-state index in [9.17, 15) is 14.7 Å². The Morgan fingerprint density at radius 3 is 1.84 bits per heavy atom. The second-order valence-electron chi connectivity index (χ2n) is 8.92. The zero-order valence-corrected chi connectivity index (χ0v) is 20.8. The molecule has 0 aliphatic heterocycles. The van der Waals surface area contributed by atoms with E-state index in [1.54, 1.807) is 19.2 Å². The van der Waals surface area contributed by atoms with Crippen LogP contribution in [0.3, 0.4) is 0 Å². The summed E-state index contributed by atoms with van der Waals surface area (Å²) in [7, 11) is 1.62. The fourth-order valence-corrected chi connectivity index (χ4v) is 4.66. The molecule has 1 aliphatic rings. The molecule has 192 valence electrons. The highest BCUT2D eigenvalue weighted by Gasteiger charge is 2.30. The van der Waals surface area contributed by atoms with Gasteiger partial charge in [0.05, 0.1) is 7.11 Å². The van der Waals surface area contributed by atoms with E-state index in [0.29, 0.717) is 5.75 Å². The molecule has 1 aliphatic carbocycles. The summed E-state index contributed by atoms with van der Waals surface area (Å²) in [6, 6.07) is 29.7. The molecule has 7 heteroatoms. The number of hydrogen-bond acceptors (Lipinski definition) is 5. The zero-order valence-electron chi connectivity index (χ0n) is 20.8. The average molecular weight is 510 g/mol. The van der Waals surface area contributed by atoms with Gasteiger partial charge in [-0.2, -0.15) is 0 Å². The Bertz CT molecular complexity index is 1390. The van der Waals surface area contributed by atoms with Crippen molar-refractivity contribution in [2.45, 2.75) is 12.0 Å². The Hall–Kier alpha value is -4.78. The number of carboxylic acid groups (broad SMARTS) is 1. The molecule has 0 aromatic heterocycles. The number of ether oxygens (including phenoxy) is 3. The van der Waals surface area contributed by atoms with E-state index in [-0.39, 0.29) is 19.1 Å². The number of benzene rings is 4. The minimum absolute atomic E-state index is 0.0971. The van der Waals surface area contributed by atoms with Crippen molar-refractivity contribution in [1.82, 2.24) is 5.32 Å². The van der Waals surface area contributed by atoms with Gasteiger partial charge in [0, 0.05) is 5.92 Å². The normalized spacial score (nSPS) is 12.7. The van der Waals surface area contributed by atoms with Crippen molar-refractivity contribution in [3.8, 4) is 33.8 Å². The summed E-state index contributed by atoms with van der Waals surface area (Å²) >= 11 is 0. The molecule has 0 fully saturated rings. The highest BCUT2D eigenvalue weighted by molar-refractivity contribution is 5.81. The number of carbonyl (C=O) groups is 2. The van der Waals surface area contributed by atoms with Gasteiger partial charge >= 0.3 is 12.1 Å². The smallest absolute Gasteiger partial charge is 0.407 e. The van der Waals surface area contributed by atoms with Crippen LogP contribution in [-0.2, 0) is 9.53 Å². The molecule has 0 saturated carbocycles. The fraction of sp³-hybridized carbons (Fsp3) is 0.161. The molecule has 0 saturated heterocycles. The standard InChI is InChI=1S/C31H27NO6/c1-36-22-14-10-20(11-15-22)21-12-16-23(17-13-21)37-19-29(30(33)34)32-31(35)38-18-28-26-8-4-2-6-24(26)25-7-3-5-9-27(25)28/h2-17,28-29H,18-19H2,1H3,(H,32,35)(H,33,34)/t29-/m0/s1. The summed E-state index contributed by atoms with van der Waals surface area (Å²) in [6.45, 7) is -0.151. The molecule has 38 heavy (non-hydrogen) atoms. The van der Waals surface area contributed by atoms with Crippen LogP contribution in [0.5, 0.6) is 11.5 Å². The number of methoxy groups -OCH3 is 1. The van der Waals surface area contributed by atoms with Crippen molar-refractivity contribution in [2.75, 3.05) is 20.3 Å². The Balaban J connectivity index is 1.17. The van der Waals surface area contributed by atoms with Crippen LogP contribution in [0.1, 0.15) is 17.0 Å². The second-order valence-corrected chi connectivity index (χ2v) is 8.92. The van der Waals surface area contributed by atoms with Crippen molar-refractivity contribution in [1.29, 1.82) is 0 Å². The van der Waals surface area contributed by atoms with Crippen LogP contribution >= 0.6 is 0 Å². The molecule has 0 bridgehead atoms. The Labute approximate surface area is 220 Å². The minimum atomic E-state index is -1.27. The predicted octanol–water partition coefficient (Wildman–Crippen LogP) is 5.73. The molecule has 0 unspecified atom stereocenters. The van der Waals surface area contributed by atoms with Crippen LogP contribution < -0.4 is 14.8 Å². The SMILES string of the molecule is COc1ccc(-c2ccc(OC[C@H](NC(=O)OCC3c4ccccc4-c4ccccc43)C(=O)O)cc2)cc1. The summed E-state index contributed by atoms with van der Waals surface area (Å²) in [5.41, 5.74) is 6.39. The summed E-state index contributed by atoms with van der Waals surface area (Å²) in [5, 5.41) is 12.0. The molecule has 0 heterocycles. The molecule has 0 spiro atoms. The number of rotatable bonds is 9. The van der Waals surface area contributed by atoms with Gasteiger partial charge in [-0.3, -0.25) is 0 Å². The van der Waals surface area contributed by atoms with Gasteiger partial charge in [0.25, 0.3) is 0 Å². The second kappa shape index (κ2) is 11.1. The zero-order chi connectivity index (χ0) is 26.5. The lowest BCUT2D eigenvalue weighted by Gasteiger charge is -2.18. The number of fused-ring (bicyclic) bond motifs is 3. The molecular weight excluding hydrogens is 482 g/mol. The molecule has 0 radical (unpaired) electrons. The maximum atomic E-state index is 12.5. The Morgan fingerprint density at radius 1 is 0.789 bits per heavy atom. The van der Waals surface area contributed by atoms with E-state index in [1.807, 2.05) is 72.8 Å². The van der Waals surface area contributed by atoms with E-state index in [0.717, 1.165) is 39.1 Å². The topological polar surface area (TPSA) is 94.1 Å². The number of hydrogen-bond donors (Lipinski definition) is 2. The van der Waals surface area contributed by atoms with Crippen molar-refractivity contribution in [3.05, 3.63) is 108 Å². The molecule has 1 amide bonds. The van der Waals surface area contributed by atoms with E-state index < -0.39 is 18.1 Å². The number of carboxylic acids is 1. The van der Waals surface area contributed by atoms with Crippen LogP contribution in [0.4, 0.5) is 4.79 Å². The summed E-state index contributed by atoms with van der Waals surface area (Å²) < 4.78 is 16.3. The Kier molecular flexibility index (Phi) is 7.26. The molecule has 1 atom stereocenters. The van der Waals surface area contributed by atoms with Gasteiger partial charge in [-0.05, 0) is 57.6 Å². The monoisotopic (exact) mass is 509 g/mol. The van der Waals surface area contributed by atoms with Crippen LogP contribution in [0.25, 0.3) is 22.3 Å². The van der Waals surface area contributed by atoms with Gasteiger partial charge in [0.2, 0.25) is 0 Å². The largest absolute Gasteiger partial charge is 0.497 e. The van der Waals surface area contributed by atoms with Crippen LogP contribution in [-0.4, -0.2) is 43.5 Å². The third-order valence-corrected chi connectivity index (χ3v) is 6.63. The Morgan fingerprint density at radius 2 is 1.32 bits per heavy atom. The molecule has 4 aromatic carbocycles. The minimum Gasteiger partial charge on any atom is -0.497 e. The van der Waals surface area contributed by atoms with Gasteiger partial charge in [-0.15, -0.1) is 0 Å². The predicted molar refractivity (Wildman–Crippen MR) is 144 cm³/mol. The summed E-state index contributed by atoms with van der Waals surface area (Å²) in [5.74, 6) is -0.0644.